The molecule has 2 nitrogen and oxygen atoms in total. The molecule has 2 radical (unpaired) electrons. The van der Waals surface area contributed by atoms with Gasteiger partial charge in [0.15, 0.2) is 0 Å². The molecule has 4 rings (SSSR count). The van der Waals surface area contributed by atoms with E-state index in [9.17, 15) is 0 Å². The number of ether oxygens (including phenoxy) is 1. The number of rotatable bonds is 4. The van der Waals surface area contributed by atoms with Crippen LogP contribution in [-0.4, -0.2) is 22.3 Å². The molecule has 1 atom stereocenters. The Bertz CT molecular complexity index is 996. The van der Waals surface area contributed by atoms with Gasteiger partial charge in [0.2, 0.25) is 8.32 Å². The summed E-state index contributed by atoms with van der Waals surface area (Å²) in [6.07, 6.45) is 0. The van der Waals surface area contributed by atoms with Crippen LogP contribution in [0.15, 0.2) is 66.4 Å². The second-order valence-electron chi connectivity index (χ2n) is 7.51. The third-order valence-corrected chi connectivity index (χ3v) is 5.47. The monoisotopic (exact) mass is 567 g/mol. The Balaban J connectivity index is 0. The molecule has 0 saturated heterocycles. The van der Waals surface area contributed by atoms with Crippen molar-refractivity contribution in [3.8, 4) is 0 Å². The average Bonchev–Trinajstić information content (AvgIpc) is 3.21. The normalized spacial score (nSPS) is 13.8. The van der Waals surface area contributed by atoms with Gasteiger partial charge in [-0.2, -0.15) is 6.07 Å². The molecule has 31 heavy (non-hydrogen) atoms. The van der Waals surface area contributed by atoms with Gasteiger partial charge in [0, 0.05) is 11.5 Å². The van der Waals surface area contributed by atoms with E-state index in [-0.39, 0.29) is 45.6 Å². The molecule has 0 N–H and O–H groups in total. The van der Waals surface area contributed by atoms with Crippen LogP contribution in [0.2, 0.25) is 19.6 Å². The van der Waals surface area contributed by atoms with Gasteiger partial charge in [-0.25, -0.2) is 0 Å². The van der Waals surface area contributed by atoms with Gasteiger partial charge in [-0.05, 0) is 25.2 Å². The minimum atomic E-state index is -1.75. The second kappa shape index (κ2) is 13.7. The van der Waals surface area contributed by atoms with E-state index in [4.69, 9.17) is 9.16 Å². The molecule has 0 fully saturated rings. The van der Waals surface area contributed by atoms with E-state index in [2.05, 4.69) is 87.2 Å². The van der Waals surface area contributed by atoms with E-state index in [1.54, 1.807) is 7.11 Å². The first-order chi connectivity index (χ1) is 13.0. The summed E-state index contributed by atoms with van der Waals surface area (Å²) in [6, 6.07) is 21.5. The van der Waals surface area contributed by atoms with Crippen molar-refractivity contribution < 1.29 is 32.5 Å². The predicted molar refractivity (Wildman–Crippen MR) is 139 cm³/mol. The van der Waals surface area contributed by atoms with E-state index < -0.39 is 8.32 Å². The van der Waals surface area contributed by atoms with Crippen LogP contribution in [0.1, 0.15) is 22.6 Å². The summed E-state index contributed by atoms with van der Waals surface area (Å²) in [5.74, 6) is 1.94. The van der Waals surface area contributed by atoms with E-state index in [1.807, 2.05) is 0 Å². The molecule has 0 amide bonds. The van der Waals surface area contributed by atoms with Crippen molar-refractivity contribution in [2.75, 3.05) is 7.11 Å². The third kappa shape index (κ3) is 6.64. The fraction of sp³-hybridized carbons (Fsp3) is 0.208. The van der Waals surface area contributed by atoms with Crippen LogP contribution in [0.4, 0.5) is 0 Å². The Morgan fingerprint density at radius 1 is 0.903 bits per heavy atom. The minimum absolute atomic E-state index is 0. The summed E-state index contributed by atoms with van der Waals surface area (Å²) in [4.78, 5) is 0. The Hall–Kier alpha value is -0.713. The van der Waals surface area contributed by atoms with E-state index in [0.29, 0.717) is 0 Å². The number of hydrogen-bond donors (Lipinski definition) is 0. The number of benzene rings is 2. The van der Waals surface area contributed by atoms with Crippen LogP contribution in [-0.2, 0) is 32.5 Å². The van der Waals surface area contributed by atoms with Crippen LogP contribution in [0, 0.1) is 14.9 Å². The predicted octanol–water partition coefficient (Wildman–Crippen LogP) is 7.23. The zero-order chi connectivity index (χ0) is 19.6. The molecule has 0 aromatic heterocycles. The van der Waals surface area contributed by atoms with Crippen molar-refractivity contribution in [3.63, 3.8) is 0 Å². The fourth-order valence-corrected chi connectivity index (χ4v) is 4.54. The fourth-order valence-electron chi connectivity index (χ4n) is 3.72. The van der Waals surface area contributed by atoms with Crippen LogP contribution in [0.3, 0.4) is 0 Å². The molecule has 3 aromatic rings. The molecular formula is C24H31Cl2O2Si2Zr-3. The van der Waals surface area contributed by atoms with Crippen molar-refractivity contribution in [1.82, 2.24) is 0 Å². The van der Waals surface area contributed by atoms with Crippen molar-refractivity contribution in [2.45, 2.75) is 25.6 Å². The molecule has 0 spiro atoms. The molecule has 0 saturated carbocycles. The summed E-state index contributed by atoms with van der Waals surface area (Å²) < 4.78 is 12.4. The van der Waals surface area contributed by atoms with E-state index >= 15 is 0 Å². The molecule has 0 aliphatic heterocycles. The third-order valence-electron chi connectivity index (χ3n) is 4.66. The average molecular weight is 570 g/mol. The Morgan fingerprint density at radius 2 is 1.48 bits per heavy atom. The van der Waals surface area contributed by atoms with Gasteiger partial charge in [-0.1, -0.05) is 30.3 Å². The first-order valence-corrected chi connectivity index (χ1v) is 16.5. The van der Waals surface area contributed by atoms with Gasteiger partial charge in [-0.15, -0.1) is 65.4 Å². The van der Waals surface area contributed by atoms with Gasteiger partial charge in [-0.3, -0.25) is 0 Å². The Morgan fingerprint density at radius 3 is 2.10 bits per heavy atom. The summed E-state index contributed by atoms with van der Waals surface area (Å²) in [5.41, 5.74) is 3.72. The molecular weight excluding hydrogens is 539 g/mol. The topological polar surface area (TPSA) is 18.5 Å². The van der Waals surface area contributed by atoms with Gasteiger partial charge in [0.25, 0.3) is 0 Å². The van der Waals surface area contributed by atoms with Crippen molar-refractivity contribution >= 4 is 56.5 Å². The maximum absolute atomic E-state index is 6.46. The van der Waals surface area contributed by atoms with Gasteiger partial charge in [0.1, 0.15) is 11.5 Å². The summed E-state index contributed by atoms with van der Waals surface area (Å²) in [5, 5.41) is 2.55. The molecule has 0 heterocycles. The van der Waals surface area contributed by atoms with Crippen LogP contribution in [0.25, 0.3) is 16.5 Å². The summed E-state index contributed by atoms with van der Waals surface area (Å²) >= 11 is 1.36. The van der Waals surface area contributed by atoms with E-state index in [1.165, 1.54) is 45.2 Å². The van der Waals surface area contributed by atoms with Crippen molar-refractivity contribution in [2.24, 2.45) is 0 Å². The number of halogens is 2. The quantitative estimate of drug-likeness (QED) is 0.244. The Labute approximate surface area is 218 Å². The first kappa shape index (κ1) is 32.5. The number of methoxy groups -OCH3 is 1. The number of hydrogen-bond acceptors (Lipinski definition) is 2. The standard InChI is InChI=1S/C22H23O2Si.2CH3.2ClH.Si.Zr/c1-23-22-20(18-14-13-15-9-5-6-10-16(15)18)17-11-7-8-12-19(17)21(22)24-25(2,3)4;;;;;;/h5-14,20H,1-4H3;2*1H3;2*1H;;/q3*-1;;;;. The zero-order valence-electron chi connectivity index (χ0n) is 19.0. The van der Waals surface area contributed by atoms with Crippen LogP contribution >= 0.6 is 24.8 Å². The van der Waals surface area contributed by atoms with Crippen LogP contribution in [0.5, 0.6) is 0 Å². The van der Waals surface area contributed by atoms with Crippen molar-refractivity contribution in [1.29, 1.82) is 0 Å². The summed E-state index contributed by atoms with van der Waals surface area (Å²) in [6.45, 7) is 9.69. The SMILES string of the molecule is COC1=C(O[Si](C)(C)C)c2ccccc2C1[c-]1ccc2ccccc21.Cl.Cl.[CH3-].[CH3-].[Si]=[Zr]. The molecule has 1 unspecified atom stereocenters. The zero-order valence-corrected chi connectivity index (χ0v) is 25.1. The molecule has 7 heteroatoms. The maximum atomic E-state index is 6.46. The van der Waals surface area contributed by atoms with Crippen LogP contribution < -0.4 is 0 Å². The van der Waals surface area contributed by atoms with Gasteiger partial charge < -0.3 is 24.0 Å². The molecule has 0 bridgehead atoms. The molecule has 1 aliphatic rings. The van der Waals surface area contributed by atoms with Gasteiger partial charge in [0.05, 0.1) is 7.11 Å². The van der Waals surface area contributed by atoms with Crippen molar-refractivity contribution in [3.05, 3.63) is 98.0 Å². The van der Waals surface area contributed by atoms with E-state index in [0.717, 1.165) is 17.1 Å². The first-order valence-electron chi connectivity index (χ1n) is 8.95. The van der Waals surface area contributed by atoms with Gasteiger partial charge >= 0.3 is 30.2 Å². The molecule has 168 valence electrons. The second-order valence-corrected chi connectivity index (χ2v) is 11.9. The summed E-state index contributed by atoms with van der Waals surface area (Å²) in [7, 11) is 0.00210. The molecule has 3 aromatic carbocycles. The Kier molecular flexibility index (Phi) is 14.4. The number of allylic oxidation sites excluding steroid dienone is 1. The molecule has 1 aliphatic carbocycles. The number of fused-ring (bicyclic) bond motifs is 2.